The number of benzene rings is 1. The van der Waals surface area contributed by atoms with Gasteiger partial charge in [0.15, 0.2) is 0 Å². The summed E-state index contributed by atoms with van der Waals surface area (Å²) in [5, 5.41) is 2.77. The molecule has 1 fully saturated rings. The summed E-state index contributed by atoms with van der Waals surface area (Å²) in [7, 11) is 0. The standard InChI is InChI=1S/C20H24N4O2/c1-16(22-19(25)18-7-9-21-10-8-18)20(26)24-13-11-23(12-14-24)15-17-5-3-2-4-6-17/h2-10,16H,11-15H2,1H3,(H,22,25)/t16-/m1/s1. The van der Waals surface area contributed by atoms with Crippen LogP contribution in [0.2, 0.25) is 0 Å². The monoisotopic (exact) mass is 352 g/mol. The van der Waals surface area contributed by atoms with E-state index in [0.717, 1.165) is 19.6 Å². The molecule has 1 saturated heterocycles. The number of hydrogen-bond acceptors (Lipinski definition) is 4. The average Bonchev–Trinajstić information content (AvgIpc) is 2.69. The van der Waals surface area contributed by atoms with E-state index in [1.807, 2.05) is 23.1 Å². The van der Waals surface area contributed by atoms with Crippen molar-refractivity contribution in [1.82, 2.24) is 20.1 Å². The summed E-state index contributed by atoms with van der Waals surface area (Å²) >= 11 is 0. The fourth-order valence-corrected chi connectivity index (χ4v) is 3.09. The first kappa shape index (κ1) is 18.1. The minimum Gasteiger partial charge on any atom is -0.341 e. The SMILES string of the molecule is C[C@@H](NC(=O)c1ccncc1)C(=O)N1CCN(Cc2ccccc2)CC1. The number of piperazine rings is 1. The van der Waals surface area contributed by atoms with Crippen molar-refractivity contribution in [2.45, 2.75) is 19.5 Å². The van der Waals surface area contributed by atoms with Gasteiger partial charge in [0.25, 0.3) is 5.91 Å². The lowest BCUT2D eigenvalue weighted by Gasteiger charge is -2.36. The molecule has 1 aromatic heterocycles. The average molecular weight is 352 g/mol. The first-order valence-corrected chi connectivity index (χ1v) is 8.89. The second-order valence-corrected chi connectivity index (χ2v) is 6.52. The van der Waals surface area contributed by atoms with Gasteiger partial charge >= 0.3 is 0 Å². The normalized spacial score (nSPS) is 16.1. The zero-order valence-corrected chi connectivity index (χ0v) is 15.0. The van der Waals surface area contributed by atoms with E-state index in [9.17, 15) is 9.59 Å². The molecule has 26 heavy (non-hydrogen) atoms. The van der Waals surface area contributed by atoms with Crippen molar-refractivity contribution < 1.29 is 9.59 Å². The Morgan fingerprint density at radius 2 is 1.69 bits per heavy atom. The Bertz CT molecular complexity index is 728. The van der Waals surface area contributed by atoms with Gasteiger partial charge in [-0.3, -0.25) is 19.5 Å². The molecule has 2 heterocycles. The van der Waals surface area contributed by atoms with Gasteiger partial charge in [0.1, 0.15) is 6.04 Å². The summed E-state index contributed by atoms with van der Waals surface area (Å²) in [6.07, 6.45) is 3.13. The molecule has 2 aromatic rings. The Morgan fingerprint density at radius 1 is 1.04 bits per heavy atom. The smallest absolute Gasteiger partial charge is 0.252 e. The Kier molecular flexibility index (Phi) is 5.96. The van der Waals surface area contributed by atoms with E-state index in [2.05, 4.69) is 27.3 Å². The second kappa shape index (κ2) is 8.58. The van der Waals surface area contributed by atoms with Crippen molar-refractivity contribution in [2.75, 3.05) is 26.2 Å². The van der Waals surface area contributed by atoms with Crippen LogP contribution in [0.25, 0.3) is 0 Å². The lowest BCUT2D eigenvalue weighted by Crippen LogP contribution is -2.53. The Labute approximate surface area is 153 Å². The number of amides is 2. The van der Waals surface area contributed by atoms with Crippen LogP contribution < -0.4 is 5.32 Å². The minimum atomic E-state index is -0.545. The minimum absolute atomic E-state index is 0.0354. The van der Waals surface area contributed by atoms with Gasteiger partial charge in [-0.2, -0.15) is 0 Å². The first-order valence-electron chi connectivity index (χ1n) is 8.89. The van der Waals surface area contributed by atoms with Gasteiger partial charge in [-0.1, -0.05) is 30.3 Å². The molecule has 0 spiro atoms. The van der Waals surface area contributed by atoms with Crippen LogP contribution in [0, 0.1) is 0 Å². The van der Waals surface area contributed by atoms with Crippen LogP contribution in [0.1, 0.15) is 22.8 Å². The van der Waals surface area contributed by atoms with Crippen molar-refractivity contribution in [3.63, 3.8) is 0 Å². The van der Waals surface area contributed by atoms with E-state index in [-0.39, 0.29) is 11.8 Å². The van der Waals surface area contributed by atoms with Gasteiger partial charge in [0.2, 0.25) is 5.91 Å². The highest BCUT2D eigenvalue weighted by Gasteiger charge is 2.26. The number of pyridine rings is 1. The molecule has 3 rings (SSSR count). The topological polar surface area (TPSA) is 65.5 Å². The van der Waals surface area contributed by atoms with Gasteiger partial charge in [0.05, 0.1) is 0 Å². The van der Waals surface area contributed by atoms with Crippen LogP contribution >= 0.6 is 0 Å². The molecular formula is C20H24N4O2. The molecule has 0 aliphatic carbocycles. The molecule has 2 amide bonds. The van der Waals surface area contributed by atoms with Crippen LogP contribution in [-0.4, -0.2) is 58.8 Å². The van der Waals surface area contributed by atoms with Crippen LogP contribution in [0.15, 0.2) is 54.9 Å². The summed E-state index contributed by atoms with van der Waals surface area (Å²) in [5.41, 5.74) is 1.79. The Balaban J connectivity index is 1.47. The summed E-state index contributed by atoms with van der Waals surface area (Å²) in [4.78, 5) is 32.9. The van der Waals surface area contributed by atoms with Crippen molar-refractivity contribution in [3.05, 3.63) is 66.0 Å². The summed E-state index contributed by atoms with van der Waals surface area (Å²) in [6, 6.07) is 13.1. The Morgan fingerprint density at radius 3 is 2.35 bits per heavy atom. The molecule has 0 bridgehead atoms. The molecule has 1 aliphatic rings. The van der Waals surface area contributed by atoms with E-state index in [4.69, 9.17) is 0 Å². The maximum absolute atomic E-state index is 12.6. The number of hydrogen-bond donors (Lipinski definition) is 1. The second-order valence-electron chi connectivity index (χ2n) is 6.52. The molecule has 1 aromatic carbocycles. The lowest BCUT2D eigenvalue weighted by atomic mass is 10.2. The van der Waals surface area contributed by atoms with Crippen molar-refractivity contribution in [2.24, 2.45) is 0 Å². The highest BCUT2D eigenvalue weighted by molar-refractivity contribution is 5.97. The zero-order chi connectivity index (χ0) is 18.4. The molecule has 136 valence electrons. The summed E-state index contributed by atoms with van der Waals surface area (Å²) < 4.78 is 0. The zero-order valence-electron chi connectivity index (χ0n) is 15.0. The number of nitrogens with zero attached hydrogens (tertiary/aromatic N) is 3. The number of aromatic nitrogens is 1. The third kappa shape index (κ3) is 4.67. The van der Waals surface area contributed by atoms with Crippen molar-refractivity contribution in [3.8, 4) is 0 Å². The predicted octanol–water partition coefficient (Wildman–Crippen LogP) is 1.54. The van der Waals surface area contributed by atoms with Gasteiger partial charge in [-0.15, -0.1) is 0 Å². The third-order valence-electron chi connectivity index (χ3n) is 4.59. The van der Waals surface area contributed by atoms with Gasteiger partial charge < -0.3 is 10.2 Å². The lowest BCUT2D eigenvalue weighted by molar-refractivity contribution is -0.134. The molecule has 6 nitrogen and oxygen atoms in total. The van der Waals surface area contributed by atoms with Crippen LogP contribution in [0.5, 0.6) is 0 Å². The molecule has 0 saturated carbocycles. The fourth-order valence-electron chi connectivity index (χ4n) is 3.09. The Hall–Kier alpha value is -2.73. The van der Waals surface area contributed by atoms with Gasteiger partial charge in [-0.25, -0.2) is 0 Å². The van der Waals surface area contributed by atoms with E-state index >= 15 is 0 Å². The first-order chi connectivity index (χ1) is 12.6. The molecule has 6 heteroatoms. The van der Waals surface area contributed by atoms with Gasteiger partial charge in [-0.05, 0) is 24.6 Å². The van der Waals surface area contributed by atoms with Crippen LogP contribution in [-0.2, 0) is 11.3 Å². The molecular weight excluding hydrogens is 328 g/mol. The van der Waals surface area contributed by atoms with Crippen LogP contribution in [0.4, 0.5) is 0 Å². The number of rotatable bonds is 5. The van der Waals surface area contributed by atoms with E-state index in [1.165, 1.54) is 5.56 Å². The third-order valence-corrected chi connectivity index (χ3v) is 4.59. The maximum Gasteiger partial charge on any atom is 0.252 e. The van der Waals surface area contributed by atoms with Gasteiger partial charge in [0, 0.05) is 50.7 Å². The van der Waals surface area contributed by atoms with Crippen molar-refractivity contribution >= 4 is 11.8 Å². The van der Waals surface area contributed by atoms with E-state index < -0.39 is 6.04 Å². The summed E-state index contributed by atoms with van der Waals surface area (Å²) in [6.45, 7) is 5.68. The number of nitrogens with one attached hydrogen (secondary N) is 1. The largest absolute Gasteiger partial charge is 0.341 e. The highest BCUT2D eigenvalue weighted by atomic mass is 16.2. The quantitative estimate of drug-likeness (QED) is 0.887. The van der Waals surface area contributed by atoms with E-state index in [0.29, 0.717) is 18.7 Å². The van der Waals surface area contributed by atoms with Crippen molar-refractivity contribution in [1.29, 1.82) is 0 Å². The molecule has 0 radical (unpaired) electrons. The van der Waals surface area contributed by atoms with E-state index in [1.54, 1.807) is 31.5 Å². The fraction of sp³-hybridized carbons (Fsp3) is 0.350. The number of carbonyl (C=O) groups excluding carboxylic acids is 2. The molecule has 1 atom stereocenters. The molecule has 1 aliphatic heterocycles. The molecule has 1 N–H and O–H groups in total. The maximum atomic E-state index is 12.6. The predicted molar refractivity (Wildman–Crippen MR) is 99.5 cm³/mol. The molecule has 0 unspecified atom stereocenters. The summed E-state index contributed by atoms with van der Waals surface area (Å²) in [5.74, 6) is -0.289. The van der Waals surface area contributed by atoms with Crippen LogP contribution in [0.3, 0.4) is 0 Å². The number of carbonyl (C=O) groups is 2. The highest BCUT2D eigenvalue weighted by Crippen LogP contribution is 2.09.